The lowest BCUT2D eigenvalue weighted by Gasteiger charge is -2.35. The van der Waals surface area contributed by atoms with E-state index >= 15 is 0 Å². The van der Waals surface area contributed by atoms with Gasteiger partial charge in [0, 0.05) is 42.6 Å². The molecule has 7 heteroatoms. The highest BCUT2D eigenvalue weighted by Gasteiger charge is 2.38. The first-order valence-electron chi connectivity index (χ1n) is 9.22. The highest BCUT2D eigenvalue weighted by Crippen LogP contribution is 2.30. The smallest absolute Gasteiger partial charge is 0.239 e. The van der Waals surface area contributed by atoms with Gasteiger partial charge in [0.05, 0.1) is 24.9 Å². The Bertz CT molecular complexity index is 771. The van der Waals surface area contributed by atoms with Crippen LogP contribution in [0, 0.1) is 0 Å². The van der Waals surface area contributed by atoms with E-state index in [0.717, 1.165) is 35.8 Å². The third-order valence-corrected chi connectivity index (χ3v) is 5.39. The maximum atomic E-state index is 12.2. The molecule has 0 bridgehead atoms. The van der Waals surface area contributed by atoms with E-state index in [1.165, 1.54) is 0 Å². The summed E-state index contributed by atoms with van der Waals surface area (Å²) in [6.07, 6.45) is 4.39. The highest BCUT2D eigenvalue weighted by molar-refractivity contribution is 6.30. The van der Waals surface area contributed by atoms with Crippen LogP contribution in [0.15, 0.2) is 48.8 Å². The lowest BCUT2D eigenvalue weighted by molar-refractivity contribution is -0.120. The average molecular weight is 387 g/mol. The van der Waals surface area contributed by atoms with Crippen molar-refractivity contribution in [3.05, 3.63) is 59.4 Å². The van der Waals surface area contributed by atoms with Gasteiger partial charge in [-0.3, -0.25) is 14.7 Å². The van der Waals surface area contributed by atoms with Crippen LogP contribution in [0.5, 0.6) is 0 Å². The zero-order chi connectivity index (χ0) is 18.6. The standard InChI is InChI=1S/C20H23ClN4O2/c21-15-5-3-14(4-6-15)19-12-25-11-17(8-18(25)13-27-19)24-20(26)10-23-16-2-1-7-22-9-16/h1-7,9,17-19,23H,8,10-13H2,(H,24,26)/t17-,18+,19-/m1/s1. The molecule has 6 nitrogen and oxygen atoms in total. The van der Waals surface area contributed by atoms with Crippen LogP contribution in [-0.2, 0) is 9.53 Å². The van der Waals surface area contributed by atoms with Gasteiger partial charge < -0.3 is 15.4 Å². The fourth-order valence-corrected chi connectivity index (χ4v) is 3.91. The topological polar surface area (TPSA) is 66.5 Å². The van der Waals surface area contributed by atoms with E-state index in [0.29, 0.717) is 12.6 Å². The number of carbonyl (C=O) groups excluding carboxylic acids is 1. The Morgan fingerprint density at radius 2 is 2.11 bits per heavy atom. The Morgan fingerprint density at radius 3 is 2.89 bits per heavy atom. The van der Waals surface area contributed by atoms with Crippen molar-refractivity contribution in [1.82, 2.24) is 15.2 Å². The second kappa shape index (κ2) is 8.25. The lowest BCUT2D eigenvalue weighted by atomic mass is 10.1. The van der Waals surface area contributed by atoms with E-state index in [4.69, 9.17) is 16.3 Å². The second-order valence-corrected chi connectivity index (χ2v) is 7.51. The van der Waals surface area contributed by atoms with Gasteiger partial charge in [-0.15, -0.1) is 0 Å². The van der Waals surface area contributed by atoms with Gasteiger partial charge in [0.15, 0.2) is 0 Å². The molecule has 4 rings (SSSR count). The van der Waals surface area contributed by atoms with E-state index in [-0.39, 0.29) is 24.6 Å². The summed E-state index contributed by atoms with van der Waals surface area (Å²) in [5.74, 6) is -0.00105. The number of amides is 1. The van der Waals surface area contributed by atoms with Crippen LogP contribution in [0.25, 0.3) is 0 Å². The molecule has 27 heavy (non-hydrogen) atoms. The molecule has 3 atom stereocenters. The summed E-state index contributed by atoms with van der Waals surface area (Å²) < 4.78 is 6.06. The van der Waals surface area contributed by atoms with Crippen LogP contribution >= 0.6 is 11.6 Å². The molecule has 0 saturated carbocycles. The molecular weight excluding hydrogens is 364 g/mol. The van der Waals surface area contributed by atoms with E-state index in [1.54, 1.807) is 12.4 Å². The van der Waals surface area contributed by atoms with E-state index in [2.05, 4.69) is 20.5 Å². The molecule has 2 aliphatic heterocycles. The fourth-order valence-electron chi connectivity index (χ4n) is 3.79. The van der Waals surface area contributed by atoms with Crippen molar-refractivity contribution in [2.24, 2.45) is 0 Å². The molecule has 0 aliphatic carbocycles. The fraction of sp³-hybridized carbons (Fsp3) is 0.400. The van der Waals surface area contributed by atoms with Crippen LogP contribution in [-0.4, -0.2) is 54.1 Å². The van der Waals surface area contributed by atoms with E-state index < -0.39 is 0 Å². The van der Waals surface area contributed by atoms with Gasteiger partial charge in [0.25, 0.3) is 0 Å². The molecule has 2 aliphatic rings. The van der Waals surface area contributed by atoms with Crippen molar-refractivity contribution < 1.29 is 9.53 Å². The molecule has 142 valence electrons. The first-order valence-corrected chi connectivity index (χ1v) is 9.59. The number of ether oxygens (including phenoxy) is 1. The molecule has 2 N–H and O–H groups in total. The van der Waals surface area contributed by atoms with Crippen molar-refractivity contribution in [1.29, 1.82) is 0 Å². The average Bonchev–Trinajstić information content (AvgIpc) is 3.09. The van der Waals surface area contributed by atoms with Crippen LogP contribution in [0.1, 0.15) is 18.1 Å². The van der Waals surface area contributed by atoms with Gasteiger partial charge >= 0.3 is 0 Å². The summed E-state index contributed by atoms with van der Waals surface area (Å²) in [5.41, 5.74) is 1.99. The number of anilines is 1. The number of carbonyl (C=O) groups is 1. The molecule has 1 aromatic heterocycles. The van der Waals surface area contributed by atoms with Crippen molar-refractivity contribution >= 4 is 23.2 Å². The minimum atomic E-state index is -0.00105. The molecule has 1 amide bonds. The van der Waals surface area contributed by atoms with Crippen LogP contribution in [0.4, 0.5) is 5.69 Å². The van der Waals surface area contributed by atoms with Gasteiger partial charge in [0.2, 0.25) is 5.91 Å². The van der Waals surface area contributed by atoms with Crippen molar-refractivity contribution in [3.63, 3.8) is 0 Å². The SMILES string of the molecule is O=C(CNc1cccnc1)N[C@@H]1C[C@H]2CO[C@@H](c3ccc(Cl)cc3)CN2C1. The number of rotatable bonds is 5. The summed E-state index contributed by atoms with van der Waals surface area (Å²) in [5, 5.41) is 6.95. The van der Waals surface area contributed by atoms with Gasteiger partial charge in [-0.1, -0.05) is 23.7 Å². The van der Waals surface area contributed by atoms with E-state index in [9.17, 15) is 4.79 Å². The Kier molecular flexibility index (Phi) is 5.57. The van der Waals surface area contributed by atoms with E-state index in [1.807, 2.05) is 36.4 Å². The zero-order valence-corrected chi connectivity index (χ0v) is 15.7. The first-order chi connectivity index (χ1) is 13.2. The third kappa shape index (κ3) is 4.58. The molecule has 0 unspecified atom stereocenters. The largest absolute Gasteiger partial charge is 0.375 e. The Hall–Kier alpha value is -2.15. The summed E-state index contributed by atoms with van der Waals surface area (Å²) in [6, 6.07) is 12.1. The van der Waals surface area contributed by atoms with Crippen LogP contribution in [0.3, 0.4) is 0 Å². The van der Waals surface area contributed by atoms with Crippen LogP contribution in [0.2, 0.25) is 5.02 Å². The van der Waals surface area contributed by atoms with Gasteiger partial charge in [0.1, 0.15) is 0 Å². The minimum absolute atomic E-state index is 0.00105. The number of benzene rings is 1. The zero-order valence-electron chi connectivity index (χ0n) is 15.0. The summed E-state index contributed by atoms with van der Waals surface area (Å²) in [6.45, 7) is 2.63. The number of hydrogen-bond acceptors (Lipinski definition) is 5. The predicted molar refractivity (Wildman–Crippen MR) is 105 cm³/mol. The van der Waals surface area contributed by atoms with Crippen molar-refractivity contribution in [3.8, 4) is 0 Å². The quantitative estimate of drug-likeness (QED) is 0.826. The molecule has 3 heterocycles. The summed E-state index contributed by atoms with van der Waals surface area (Å²) in [4.78, 5) is 18.7. The van der Waals surface area contributed by atoms with Gasteiger partial charge in [-0.2, -0.15) is 0 Å². The Morgan fingerprint density at radius 1 is 1.26 bits per heavy atom. The predicted octanol–water partition coefficient (Wildman–Crippen LogP) is 2.48. The Balaban J connectivity index is 1.27. The second-order valence-electron chi connectivity index (χ2n) is 7.08. The number of pyridine rings is 1. The minimum Gasteiger partial charge on any atom is -0.375 e. The molecule has 0 radical (unpaired) electrons. The van der Waals surface area contributed by atoms with Gasteiger partial charge in [-0.05, 0) is 36.2 Å². The number of morpholine rings is 1. The molecular formula is C20H23ClN4O2. The summed E-state index contributed by atoms with van der Waals surface area (Å²) >= 11 is 5.97. The summed E-state index contributed by atoms with van der Waals surface area (Å²) in [7, 11) is 0. The molecule has 2 aromatic rings. The molecule has 1 aromatic carbocycles. The first kappa shape index (κ1) is 18.2. The monoisotopic (exact) mass is 386 g/mol. The highest BCUT2D eigenvalue weighted by atomic mass is 35.5. The molecule has 2 saturated heterocycles. The number of aromatic nitrogens is 1. The molecule has 0 spiro atoms. The lowest BCUT2D eigenvalue weighted by Crippen LogP contribution is -2.43. The number of nitrogens with zero attached hydrogens (tertiary/aromatic N) is 2. The number of fused-ring (bicyclic) bond motifs is 1. The van der Waals surface area contributed by atoms with Crippen molar-refractivity contribution in [2.75, 3.05) is 31.6 Å². The third-order valence-electron chi connectivity index (χ3n) is 5.14. The normalized spacial score (nSPS) is 25.0. The molecule has 2 fully saturated rings. The Labute approximate surface area is 163 Å². The van der Waals surface area contributed by atoms with Gasteiger partial charge in [-0.25, -0.2) is 0 Å². The number of halogens is 1. The maximum absolute atomic E-state index is 12.2. The number of nitrogens with one attached hydrogen (secondary N) is 2. The van der Waals surface area contributed by atoms with Crippen LogP contribution < -0.4 is 10.6 Å². The number of hydrogen-bond donors (Lipinski definition) is 2. The maximum Gasteiger partial charge on any atom is 0.239 e. The van der Waals surface area contributed by atoms with Crippen molar-refractivity contribution in [2.45, 2.75) is 24.6 Å².